The third kappa shape index (κ3) is 5.01. The molecule has 0 saturated heterocycles. The van der Waals surface area contributed by atoms with Gasteiger partial charge < -0.3 is 14.9 Å². The molecule has 118 valence electrons. The van der Waals surface area contributed by atoms with E-state index in [2.05, 4.69) is 6.92 Å². The van der Waals surface area contributed by atoms with Gasteiger partial charge in [0, 0.05) is 0 Å². The van der Waals surface area contributed by atoms with Crippen molar-refractivity contribution in [1.29, 1.82) is 0 Å². The lowest BCUT2D eigenvalue weighted by molar-refractivity contribution is -0.0174. The van der Waals surface area contributed by atoms with E-state index in [1.807, 2.05) is 24.3 Å². The molecule has 1 aliphatic carbocycles. The lowest BCUT2D eigenvalue weighted by atomic mass is 9.96. The summed E-state index contributed by atoms with van der Waals surface area (Å²) in [7, 11) is 0. The molecule has 0 aliphatic heterocycles. The summed E-state index contributed by atoms with van der Waals surface area (Å²) in [5, 5.41) is 20.6. The van der Waals surface area contributed by atoms with Crippen molar-refractivity contribution in [2.45, 2.75) is 70.0 Å². The Morgan fingerprint density at radius 1 is 1.19 bits per heavy atom. The molecule has 0 radical (unpaired) electrons. The molecular formula is C18H28O3. The zero-order valence-electron chi connectivity index (χ0n) is 13.1. The topological polar surface area (TPSA) is 49.7 Å². The monoisotopic (exact) mass is 292 g/mol. The van der Waals surface area contributed by atoms with E-state index in [0.717, 1.165) is 49.8 Å². The molecule has 1 aromatic carbocycles. The molecule has 0 bridgehead atoms. The first-order valence-corrected chi connectivity index (χ1v) is 8.26. The lowest BCUT2D eigenvalue weighted by Crippen LogP contribution is -2.35. The Hall–Kier alpha value is -1.06. The zero-order chi connectivity index (χ0) is 15.1. The van der Waals surface area contributed by atoms with Crippen LogP contribution in [0.1, 0.15) is 70.0 Å². The van der Waals surface area contributed by atoms with Crippen molar-refractivity contribution < 1.29 is 14.9 Å². The highest BCUT2D eigenvalue weighted by Gasteiger charge is 2.28. The van der Waals surface area contributed by atoms with Crippen LogP contribution < -0.4 is 4.74 Å². The highest BCUT2D eigenvalue weighted by atomic mass is 16.5. The van der Waals surface area contributed by atoms with Gasteiger partial charge in [-0.2, -0.15) is 0 Å². The molecule has 1 atom stereocenters. The Labute approximate surface area is 128 Å². The number of hydrogen-bond donors (Lipinski definition) is 2. The molecule has 3 nitrogen and oxygen atoms in total. The fourth-order valence-electron chi connectivity index (χ4n) is 3.00. The maximum atomic E-state index is 10.6. The van der Waals surface area contributed by atoms with Crippen LogP contribution in [0, 0.1) is 0 Å². The summed E-state index contributed by atoms with van der Waals surface area (Å²) in [6, 6.07) is 7.61. The summed E-state index contributed by atoms with van der Waals surface area (Å²) in [6.45, 7) is 2.41. The Morgan fingerprint density at radius 2 is 1.90 bits per heavy atom. The zero-order valence-corrected chi connectivity index (χ0v) is 13.1. The Bertz CT molecular complexity index is 422. The molecule has 1 saturated carbocycles. The van der Waals surface area contributed by atoms with Crippen molar-refractivity contribution in [2.24, 2.45) is 0 Å². The van der Waals surface area contributed by atoms with Gasteiger partial charge in [0.1, 0.15) is 12.4 Å². The van der Waals surface area contributed by atoms with Gasteiger partial charge >= 0.3 is 0 Å². The fourth-order valence-corrected chi connectivity index (χ4v) is 3.00. The quantitative estimate of drug-likeness (QED) is 0.780. The third-order valence-electron chi connectivity index (χ3n) is 4.35. The molecule has 0 spiro atoms. The van der Waals surface area contributed by atoms with Crippen molar-refractivity contribution in [1.82, 2.24) is 0 Å². The van der Waals surface area contributed by atoms with Crippen molar-refractivity contribution in [3.63, 3.8) is 0 Å². The van der Waals surface area contributed by atoms with Crippen LogP contribution in [0.2, 0.25) is 0 Å². The van der Waals surface area contributed by atoms with Gasteiger partial charge in [0.05, 0.1) is 11.7 Å². The first-order valence-electron chi connectivity index (χ1n) is 8.26. The fraction of sp³-hybridized carbons (Fsp3) is 0.667. The van der Waals surface area contributed by atoms with Crippen molar-refractivity contribution in [3.05, 3.63) is 29.8 Å². The van der Waals surface area contributed by atoms with Crippen LogP contribution in [0.3, 0.4) is 0 Å². The summed E-state index contributed by atoms with van der Waals surface area (Å²) in [4.78, 5) is 0. The van der Waals surface area contributed by atoms with E-state index in [1.165, 1.54) is 12.8 Å². The van der Waals surface area contributed by atoms with E-state index >= 15 is 0 Å². The third-order valence-corrected chi connectivity index (χ3v) is 4.35. The molecule has 0 heterocycles. The normalized spacial score (nSPS) is 19.8. The van der Waals surface area contributed by atoms with E-state index in [4.69, 9.17) is 4.74 Å². The van der Waals surface area contributed by atoms with Crippen LogP contribution >= 0.6 is 0 Å². The first kappa shape index (κ1) is 16.3. The standard InChI is InChI=1S/C18H28O3/c1-2-8-17(19)15-9-7-10-16(13-15)21-14-18(20)11-5-3-4-6-12-18/h7,9-10,13,17,19-20H,2-6,8,11-12,14H2,1H3. The second kappa shape index (κ2) is 7.81. The number of aliphatic hydroxyl groups is 2. The minimum Gasteiger partial charge on any atom is -0.491 e. The molecule has 1 unspecified atom stereocenters. The highest BCUT2D eigenvalue weighted by molar-refractivity contribution is 5.30. The largest absolute Gasteiger partial charge is 0.491 e. The highest BCUT2D eigenvalue weighted by Crippen LogP contribution is 2.29. The first-order chi connectivity index (χ1) is 10.1. The van der Waals surface area contributed by atoms with Crippen LogP contribution in [0.4, 0.5) is 0 Å². The lowest BCUT2D eigenvalue weighted by Gasteiger charge is -2.26. The second-order valence-electron chi connectivity index (χ2n) is 6.30. The van der Waals surface area contributed by atoms with Crippen LogP contribution in [0.25, 0.3) is 0 Å². The minimum atomic E-state index is -0.686. The van der Waals surface area contributed by atoms with Gasteiger partial charge in [-0.3, -0.25) is 0 Å². The van der Waals surface area contributed by atoms with Gasteiger partial charge in [-0.15, -0.1) is 0 Å². The molecule has 1 fully saturated rings. The van der Waals surface area contributed by atoms with Crippen LogP contribution in [0.15, 0.2) is 24.3 Å². The molecule has 1 aliphatic rings. The smallest absolute Gasteiger partial charge is 0.119 e. The van der Waals surface area contributed by atoms with E-state index in [9.17, 15) is 10.2 Å². The van der Waals surface area contributed by atoms with Crippen molar-refractivity contribution in [2.75, 3.05) is 6.61 Å². The van der Waals surface area contributed by atoms with Crippen LogP contribution in [0.5, 0.6) is 5.75 Å². The molecule has 3 heteroatoms. The Morgan fingerprint density at radius 3 is 2.57 bits per heavy atom. The molecule has 0 aromatic heterocycles. The van der Waals surface area contributed by atoms with Gasteiger partial charge in [-0.25, -0.2) is 0 Å². The van der Waals surface area contributed by atoms with Crippen molar-refractivity contribution in [3.8, 4) is 5.75 Å². The van der Waals surface area contributed by atoms with E-state index in [-0.39, 0.29) is 0 Å². The summed E-state index contributed by atoms with van der Waals surface area (Å²) >= 11 is 0. The number of ether oxygens (including phenoxy) is 1. The number of rotatable bonds is 6. The van der Waals surface area contributed by atoms with Gasteiger partial charge in [0.25, 0.3) is 0 Å². The van der Waals surface area contributed by atoms with E-state index in [0.29, 0.717) is 6.61 Å². The predicted molar refractivity (Wildman–Crippen MR) is 84.5 cm³/mol. The summed E-state index contributed by atoms with van der Waals surface area (Å²) in [5.41, 5.74) is 0.205. The van der Waals surface area contributed by atoms with Crippen LogP contribution in [-0.2, 0) is 0 Å². The number of benzene rings is 1. The Balaban J connectivity index is 1.94. The summed E-state index contributed by atoms with van der Waals surface area (Å²) in [6.07, 6.45) is 7.50. The predicted octanol–water partition coefficient (Wildman–Crippen LogP) is 3.98. The van der Waals surface area contributed by atoms with Crippen molar-refractivity contribution >= 4 is 0 Å². The van der Waals surface area contributed by atoms with Gasteiger partial charge in [0.2, 0.25) is 0 Å². The van der Waals surface area contributed by atoms with Gasteiger partial charge in [-0.05, 0) is 37.0 Å². The molecular weight excluding hydrogens is 264 g/mol. The summed E-state index contributed by atoms with van der Waals surface area (Å²) in [5.74, 6) is 0.736. The SMILES string of the molecule is CCCC(O)c1cccc(OCC2(O)CCCCCC2)c1. The average molecular weight is 292 g/mol. The minimum absolute atomic E-state index is 0.348. The molecule has 2 N–H and O–H groups in total. The maximum Gasteiger partial charge on any atom is 0.119 e. The average Bonchev–Trinajstić information content (AvgIpc) is 2.71. The Kier molecular flexibility index (Phi) is 6.07. The van der Waals surface area contributed by atoms with Crippen LogP contribution in [-0.4, -0.2) is 22.4 Å². The molecule has 2 rings (SSSR count). The summed E-state index contributed by atoms with van der Waals surface area (Å²) < 4.78 is 5.81. The molecule has 21 heavy (non-hydrogen) atoms. The maximum absolute atomic E-state index is 10.6. The van der Waals surface area contributed by atoms with E-state index < -0.39 is 11.7 Å². The van der Waals surface area contributed by atoms with E-state index in [1.54, 1.807) is 0 Å². The molecule has 1 aromatic rings. The molecule has 0 amide bonds. The number of hydrogen-bond acceptors (Lipinski definition) is 3. The van der Waals surface area contributed by atoms with Gasteiger partial charge in [-0.1, -0.05) is 51.2 Å². The second-order valence-corrected chi connectivity index (χ2v) is 6.30. The number of aliphatic hydroxyl groups excluding tert-OH is 1. The van der Waals surface area contributed by atoms with Gasteiger partial charge in [0.15, 0.2) is 0 Å².